The van der Waals surface area contributed by atoms with Crippen molar-refractivity contribution in [2.45, 2.75) is 6.54 Å². The summed E-state index contributed by atoms with van der Waals surface area (Å²) in [6.07, 6.45) is 0. The standard InChI is InChI=1S/C17H15ClN2O/c1-21-15-8-7-13-9-12(5-6-14(13)10-15)11-19-17-4-2-3-16(18)20-17/h2-10H,11H2,1H3,(H,19,20). The van der Waals surface area contributed by atoms with Crippen molar-refractivity contribution < 1.29 is 4.74 Å². The number of pyridine rings is 1. The first-order valence-electron chi connectivity index (χ1n) is 6.68. The number of benzene rings is 2. The zero-order chi connectivity index (χ0) is 14.7. The van der Waals surface area contributed by atoms with Crippen LogP contribution in [0.4, 0.5) is 5.82 Å². The third kappa shape index (κ3) is 3.26. The van der Waals surface area contributed by atoms with Gasteiger partial charge in [-0.25, -0.2) is 4.98 Å². The summed E-state index contributed by atoms with van der Waals surface area (Å²) in [5.41, 5.74) is 1.19. The quantitative estimate of drug-likeness (QED) is 0.720. The van der Waals surface area contributed by atoms with Crippen LogP contribution in [0.25, 0.3) is 10.8 Å². The number of nitrogens with zero attached hydrogens (tertiary/aromatic N) is 1. The molecule has 4 heteroatoms. The molecule has 0 aliphatic carbocycles. The molecule has 0 saturated carbocycles. The molecular weight excluding hydrogens is 284 g/mol. The molecule has 106 valence electrons. The Morgan fingerprint density at radius 3 is 2.67 bits per heavy atom. The van der Waals surface area contributed by atoms with Crippen LogP contribution in [0, 0.1) is 0 Å². The summed E-state index contributed by atoms with van der Waals surface area (Å²) >= 11 is 5.87. The average molecular weight is 299 g/mol. The maximum absolute atomic E-state index is 5.87. The highest BCUT2D eigenvalue weighted by Crippen LogP contribution is 2.22. The molecular formula is C17H15ClN2O. The van der Waals surface area contributed by atoms with Crippen LogP contribution in [0.3, 0.4) is 0 Å². The van der Waals surface area contributed by atoms with Crippen molar-refractivity contribution in [2.75, 3.05) is 12.4 Å². The monoisotopic (exact) mass is 298 g/mol. The molecule has 2 aromatic carbocycles. The zero-order valence-electron chi connectivity index (χ0n) is 11.6. The molecule has 3 aromatic rings. The number of hydrogen-bond donors (Lipinski definition) is 1. The lowest BCUT2D eigenvalue weighted by Gasteiger charge is -2.08. The topological polar surface area (TPSA) is 34.1 Å². The number of methoxy groups -OCH3 is 1. The van der Waals surface area contributed by atoms with Crippen LogP contribution >= 0.6 is 11.6 Å². The van der Waals surface area contributed by atoms with Crippen LogP contribution in [-0.4, -0.2) is 12.1 Å². The van der Waals surface area contributed by atoms with Crippen LogP contribution in [0.1, 0.15) is 5.56 Å². The Bertz CT molecular complexity index is 774. The van der Waals surface area contributed by atoms with Crippen LogP contribution in [-0.2, 0) is 6.54 Å². The molecule has 3 nitrogen and oxygen atoms in total. The van der Waals surface area contributed by atoms with Gasteiger partial charge in [-0.1, -0.05) is 35.9 Å². The molecule has 1 heterocycles. The lowest BCUT2D eigenvalue weighted by Crippen LogP contribution is -2.01. The van der Waals surface area contributed by atoms with Gasteiger partial charge in [-0.2, -0.15) is 0 Å². The summed E-state index contributed by atoms with van der Waals surface area (Å²) in [6.45, 7) is 0.704. The number of hydrogen-bond acceptors (Lipinski definition) is 3. The van der Waals surface area contributed by atoms with Crippen molar-refractivity contribution in [1.82, 2.24) is 4.98 Å². The number of ether oxygens (including phenoxy) is 1. The van der Waals surface area contributed by atoms with E-state index >= 15 is 0 Å². The van der Waals surface area contributed by atoms with E-state index in [9.17, 15) is 0 Å². The van der Waals surface area contributed by atoms with Crippen LogP contribution < -0.4 is 10.1 Å². The Hall–Kier alpha value is -2.26. The molecule has 0 unspecified atom stereocenters. The van der Waals surface area contributed by atoms with Gasteiger partial charge in [-0.05, 0) is 46.7 Å². The lowest BCUT2D eigenvalue weighted by atomic mass is 10.1. The van der Waals surface area contributed by atoms with Gasteiger partial charge in [0.2, 0.25) is 0 Å². The summed E-state index contributed by atoms with van der Waals surface area (Å²) < 4.78 is 5.24. The molecule has 0 aliphatic rings. The maximum Gasteiger partial charge on any atom is 0.131 e. The van der Waals surface area contributed by atoms with E-state index in [0.29, 0.717) is 11.7 Å². The van der Waals surface area contributed by atoms with Gasteiger partial charge in [-0.15, -0.1) is 0 Å². The van der Waals surface area contributed by atoms with Gasteiger partial charge in [-0.3, -0.25) is 0 Å². The third-order valence-corrected chi connectivity index (χ3v) is 3.51. The van der Waals surface area contributed by atoms with E-state index in [1.165, 1.54) is 16.3 Å². The van der Waals surface area contributed by atoms with Crippen molar-refractivity contribution in [3.63, 3.8) is 0 Å². The van der Waals surface area contributed by atoms with Gasteiger partial charge in [0.05, 0.1) is 7.11 Å². The molecule has 21 heavy (non-hydrogen) atoms. The van der Waals surface area contributed by atoms with Crippen molar-refractivity contribution in [3.05, 3.63) is 65.3 Å². The Kier molecular flexibility index (Phi) is 3.93. The summed E-state index contributed by atoms with van der Waals surface area (Å²) in [5.74, 6) is 1.65. The van der Waals surface area contributed by atoms with Crippen LogP contribution in [0.15, 0.2) is 54.6 Å². The van der Waals surface area contributed by atoms with Crippen molar-refractivity contribution in [1.29, 1.82) is 0 Å². The minimum absolute atomic E-state index is 0.491. The van der Waals surface area contributed by atoms with Gasteiger partial charge in [0.15, 0.2) is 0 Å². The minimum atomic E-state index is 0.491. The Labute approximate surface area is 128 Å². The van der Waals surface area contributed by atoms with E-state index in [2.05, 4.69) is 34.6 Å². The molecule has 0 bridgehead atoms. The number of rotatable bonds is 4. The minimum Gasteiger partial charge on any atom is -0.497 e. The first kappa shape index (κ1) is 13.7. The fourth-order valence-electron chi connectivity index (χ4n) is 2.21. The van der Waals surface area contributed by atoms with Gasteiger partial charge in [0, 0.05) is 6.54 Å². The number of anilines is 1. The first-order valence-corrected chi connectivity index (χ1v) is 7.05. The molecule has 0 fully saturated rings. The molecule has 0 amide bonds. The molecule has 0 saturated heterocycles. The predicted octanol–water partition coefficient (Wildman–Crippen LogP) is 4.51. The molecule has 0 spiro atoms. The Morgan fingerprint density at radius 1 is 1.05 bits per heavy atom. The van der Waals surface area contributed by atoms with Crippen LogP contribution in [0.5, 0.6) is 5.75 Å². The SMILES string of the molecule is COc1ccc2cc(CNc3cccc(Cl)n3)ccc2c1. The average Bonchev–Trinajstić information content (AvgIpc) is 2.52. The van der Waals surface area contributed by atoms with E-state index in [1.807, 2.05) is 24.3 Å². The Balaban J connectivity index is 1.78. The number of halogens is 1. The zero-order valence-corrected chi connectivity index (χ0v) is 12.4. The molecule has 1 aromatic heterocycles. The second-order valence-corrected chi connectivity index (χ2v) is 5.13. The van der Waals surface area contributed by atoms with Gasteiger partial charge in [0.25, 0.3) is 0 Å². The fraction of sp³-hybridized carbons (Fsp3) is 0.118. The smallest absolute Gasteiger partial charge is 0.131 e. The highest BCUT2D eigenvalue weighted by molar-refractivity contribution is 6.29. The van der Waals surface area contributed by atoms with E-state index in [0.717, 1.165) is 11.6 Å². The molecule has 0 radical (unpaired) electrons. The second-order valence-electron chi connectivity index (χ2n) is 4.75. The van der Waals surface area contributed by atoms with E-state index < -0.39 is 0 Å². The Morgan fingerprint density at radius 2 is 1.86 bits per heavy atom. The maximum atomic E-state index is 5.87. The largest absolute Gasteiger partial charge is 0.497 e. The first-order chi connectivity index (χ1) is 10.2. The fourth-order valence-corrected chi connectivity index (χ4v) is 2.37. The van der Waals surface area contributed by atoms with Crippen molar-refractivity contribution >= 4 is 28.2 Å². The summed E-state index contributed by atoms with van der Waals surface area (Å²) in [4.78, 5) is 4.21. The summed E-state index contributed by atoms with van der Waals surface area (Å²) in [7, 11) is 1.68. The van der Waals surface area contributed by atoms with Crippen molar-refractivity contribution in [3.8, 4) is 5.75 Å². The predicted molar refractivity (Wildman–Crippen MR) is 87.1 cm³/mol. The lowest BCUT2D eigenvalue weighted by molar-refractivity contribution is 0.415. The summed E-state index contributed by atoms with van der Waals surface area (Å²) in [6, 6.07) is 18.0. The highest BCUT2D eigenvalue weighted by atomic mass is 35.5. The second kappa shape index (κ2) is 6.02. The normalized spacial score (nSPS) is 10.6. The van der Waals surface area contributed by atoms with Gasteiger partial charge < -0.3 is 10.1 Å². The van der Waals surface area contributed by atoms with Gasteiger partial charge in [0.1, 0.15) is 16.7 Å². The van der Waals surface area contributed by atoms with Gasteiger partial charge >= 0.3 is 0 Å². The van der Waals surface area contributed by atoms with Crippen molar-refractivity contribution in [2.24, 2.45) is 0 Å². The number of aromatic nitrogens is 1. The number of fused-ring (bicyclic) bond motifs is 1. The third-order valence-electron chi connectivity index (χ3n) is 3.30. The van der Waals surface area contributed by atoms with E-state index in [4.69, 9.17) is 16.3 Å². The molecule has 0 atom stereocenters. The highest BCUT2D eigenvalue weighted by Gasteiger charge is 2.00. The molecule has 0 aliphatic heterocycles. The summed E-state index contributed by atoms with van der Waals surface area (Å²) in [5, 5.41) is 6.11. The van der Waals surface area contributed by atoms with E-state index in [1.54, 1.807) is 13.2 Å². The molecule has 3 rings (SSSR count). The molecule has 1 N–H and O–H groups in total. The van der Waals surface area contributed by atoms with E-state index in [-0.39, 0.29) is 0 Å². The van der Waals surface area contributed by atoms with Crippen LogP contribution in [0.2, 0.25) is 5.15 Å². The number of nitrogens with one attached hydrogen (secondary N) is 1.